The minimum absolute atomic E-state index is 0. The van der Waals surface area contributed by atoms with E-state index in [4.69, 9.17) is 4.98 Å². The largest absolute Gasteiger partial charge is 0.314 e. The van der Waals surface area contributed by atoms with Gasteiger partial charge in [-0.15, -0.1) is 23.7 Å². The Labute approximate surface area is 142 Å². The summed E-state index contributed by atoms with van der Waals surface area (Å²) in [4.78, 5) is 11.5. The average molecular weight is 339 g/mol. The van der Waals surface area contributed by atoms with Crippen LogP contribution in [0.2, 0.25) is 0 Å². The summed E-state index contributed by atoms with van der Waals surface area (Å²) < 4.78 is 0. The number of pyridine rings is 1. The minimum Gasteiger partial charge on any atom is -0.314 e. The van der Waals surface area contributed by atoms with Gasteiger partial charge in [-0.2, -0.15) is 0 Å². The molecule has 6 heteroatoms. The van der Waals surface area contributed by atoms with Gasteiger partial charge in [0.05, 0.1) is 12.2 Å². The van der Waals surface area contributed by atoms with E-state index in [1.807, 2.05) is 18.5 Å². The van der Waals surface area contributed by atoms with Gasteiger partial charge in [0.2, 0.25) is 0 Å². The lowest BCUT2D eigenvalue weighted by Crippen LogP contribution is -2.45. The molecule has 1 aliphatic heterocycles. The molecule has 1 atom stereocenters. The molecule has 0 bridgehead atoms. The van der Waals surface area contributed by atoms with Gasteiger partial charge in [0.25, 0.3) is 0 Å². The third-order valence-electron chi connectivity index (χ3n) is 3.87. The highest BCUT2D eigenvalue weighted by Crippen LogP contribution is 2.24. The van der Waals surface area contributed by atoms with Gasteiger partial charge in [-0.1, -0.05) is 19.4 Å². The molecule has 2 aromatic heterocycles. The summed E-state index contributed by atoms with van der Waals surface area (Å²) >= 11 is 1.79. The van der Waals surface area contributed by atoms with Crippen LogP contribution < -0.4 is 5.32 Å². The van der Waals surface area contributed by atoms with Gasteiger partial charge in [-0.3, -0.25) is 9.88 Å². The zero-order chi connectivity index (χ0) is 14.5. The van der Waals surface area contributed by atoms with E-state index in [0.717, 1.165) is 39.0 Å². The molecule has 1 unspecified atom stereocenters. The highest BCUT2D eigenvalue weighted by atomic mass is 35.5. The fourth-order valence-electron chi connectivity index (χ4n) is 2.80. The van der Waals surface area contributed by atoms with Gasteiger partial charge in [-0.05, 0) is 18.1 Å². The van der Waals surface area contributed by atoms with Crippen LogP contribution in [0.5, 0.6) is 0 Å². The molecule has 4 nitrogen and oxygen atoms in total. The Kier molecular flexibility index (Phi) is 6.76. The molecule has 1 saturated heterocycles. The molecule has 0 spiro atoms. The lowest BCUT2D eigenvalue weighted by molar-refractivity contribution is 0.153. The molecule has 1 fully saturated rings. The molecule has 3 rings (SSSR count). The van der Waals surface area contributed by atoms with Crippen LogP contribution in [0.25, 0.3) is 0 Å². The maximum atomic E-state index is 4.76. The molecule has 22 heavy (non-hydrogen) atoms. The van der Waals surface area contributed by atoms with Crippen molar-refractivity contribution in [3.05, 3.63) is 46.2 Å². The van der Waals surface area contributed by atoms with Crippen LogP contribution in [-0.2, 0) is 13.0 Å². The maximum absolute atomic E-state index is 4.76. The monoisotopic (exact) mass is 338 g/mol. The molecule has 0 aromatic carbocycles. The second-order valence-corrected chi connectivity index (χ2v) is 6.40. The standard InChI is InChI=1S/C16H22N4S.ClH/c1-2-4-14-12-21-16(19-14)11-20-8-7-18-10-15(20)13-5-3-6-17-9-13;/h3,5-6,9,12,15,18H,2,4,7-8,10-11H2,1H3;1H. The van der Waals surface area contributed by atoms with E-state index < -0.39 is 0 Å². The Balaban J connectivity index is 0.00000176. The molecule has 120 valence electrons. The van der Waals surface area contributed by atoms with Gasteiger partial charge in [0.15, 0.2) is 0 Å². The summed E-state index contributed by atoms with van der Waals surface area (Å²) in [5, 5.41) is 6.93. The van der Waals surface area contributed by atoms with Crippen LogP contribution in [-0.4, -0.2) is 34.5 Å². The van der Waals surface area contributed by atoms with Gasteiger partial charge in [0, 0.05) is 43.4 Å². The van der Waals surface area contributed by atoms with Crippen molar-refractivity contribution >= 4 is 23.7 Å². The quantitative estimate of drug-likeness (QED) is 0.909. The second kappa shape index (κ2) is 8.58. The maximum Gasteiger partial charge on any atom is 0.107 e. The number of piperazine rings is 1. The number of hydrogen-bond acceptors (Lipinski definition) is 5. The molecule has 2 aromatic rings. The van der Waals surface area contributed by atoms with Crippen molar-refractivity contribution in [3.63, 3.8) is 0 Å². The molecule has 1 aliphatic rings. The first-order chi connectivity index (χ1) is 10.4. The Morgan fingerprint density at radius 1 is 1.45 bits per heavy atom. The van der Waals surface area contributed by atoms with Gasteiger partial charge in [-0.25, -0.2) is 4.98 Å². The SMILES string of the molecule is CCCc1csc(CN2CCNCC2c2cccnc2)n1.Cl. The second-order valence-electron chi connectivity index (χ2n) is 5.46. The summed E-state index contributed by atoms with van der Waals surface area (Å²) in [5.74, 6) is 0. The Hall–Kier alpha value is -1.01. The summed E-state index contributed by atoms with van der Waals surface area (Å²) in [7, 11) is 0. The van der Waals surface area contributed by atoms with Crippen LogP contribution in [0.15, 0.2) is 29.9 Å². The Morgan fingerprint density at radius 3 is 3.14 bits per heavy atom. The van der Waals surface area contributed by atoms with Crippen molar-refractivity contribution in [2.45, 2.75) is 32.4 Å². The van der Waals surface area contributed by atoms with Crippen LogP contribution in [0.4, 0.5) is 0 Å². The Morgan fingerprint density at radius 2 is 2.36 bits per heavy atom. The molecule has 0 saturated carbocycles. The first kappa shape index (κ1) is 17.3. The summed E-state index contributed by atoms with van der Waals surface area (Å²) in [6.45, 7) is 6.23. The molecule has 0 amide bonds. The van der Waals surface area contributed by atoms with E-state index in [9.17, 15) is 0 Å². The smallest absolute Gasteiger partial charge is 0.107 e. The number of aryl methyl sites for hydroxylation is 1. The van der Waals surface area contributed by atoms with Gasteiger partial charge >= 0.3 is 0 Å². The zero-order valence-corrected chi connectivity index (χ0v) is 14.5. The first-order valence-corrected chi connectivity index (χ1v) is 8.52. The van der Waals surface area contributed by atoms with Crippen LogP contribution in [0.1, 0.15) is 35.7 Å². The van der Waals surface area contributed by atoms with E-state index in [0.29, 0.717) is 6.04 Å². The van der Waals surface area contributed by atoms with Gasteiger partial charge in [0.1, 0.15) is 5.01 Å². The zero-order valence-electron chi connectivity index (χ0n) is 12.9. The van der Waals surface area contributed by atoms with Crippen molar-refractivity contribution in [1.82, 2.24) is 20.2 Å². The predicted octanol–water partition coefficient (Wildman–Crippen LogP) is 3.06. The third kappa shape index (κ3) is 4.26. The number of thiazole rings is 1. The molecule has 0 aliphatic carbocycles. The average Bonchev–Trinajstić information content (AvgIpc) is 2.96. The fourth-order valence-corrected chi connectivity index (χ4v) is 3.66. The van der Waals surface area contributed by atoms with E-state index in [2.05, 4.69) is 33.6 Å². The van der Waals surface area contributed by atoms with Crippen LogP contribution in [0.3, 0.4) is 0 Å². The van der Waals surface area contributed by atoms with Crippen LogP contribution in [0, 0.1) is 0 Å². The van der Waals surface area contributed by atoms with Crippen molar-refractivity contribution in [2.24, 2.45) is 0 Å². The third-order valence-corrected chi connectivity index (χ3v) is 4.75. The van der Waals surface area contributed by atoms with Crippen molar-refractivity contribution in [1.29, 1.82) is 0 Å². The number of rotatable bonds is 5. The number of hydrogen-bond donors (Lipinski definition) is 1. The Bertz CT molecular complexity index is 560. The molecular formula is C16H23ClN4S. The summed E-state index contributed by atoms with van der Waals surface area (Å²) in [6, 6.07) is 4.58. The first-order valence-electron chi connectivity index (χ1n) is 7.65. The van der Waals surface area contributed by atoms with E-state index >= 15 is 0 Å². The van der Waals surface area contributed by atoms with E-state index in [1.165, 1.54) is 16.3 Å². The van der Waals surface area contributed by atoms with E-state index in [-0.39, 0.29) is 12.4 Å². The van der Waals surface area contributed by atoms with Crippen LogP contribution >= 0.6 is 23.7 Å². The highest BCUT2D eigenvalue weighted by molar-refractivity contribution is 7.09. The normalized spacial score (nSPS) is 18.9. The highest BCUT2D eigenvalue weighted by Gasteiger charge is 2.24. The number of nitrogens with zero attached hydrogens (tertiary/aromatic N) is 3. The van der Waals surface area contributed by atoms with Crippen molar-refractivity contribution < 1.29 is 0 Å². The lowest BCUT2D eigenvalue weighted by atomic mass is 10.1. The lowest BCUT2D eigenvalue weighted by Gasteiger charge is -2.35. The molecular weight excluding hydrogens is 316 g/mol. The van der Waals surface area contributed by atoms with E-state index in [1.54, 1.807) is 11.3 Å². The molecule has 1 N–H and O–H groups in total. The summed E-state index contributed by atoms with van der Waals surface area (Å²) in [6.07, 6.45) is 6.07. The topological polar surface area (TPSA) is 41.0 Å². The number of aromatic nitrogens is 2. The predicted molar refractivity (Wildman–Crippen MR) is 93.6 cm³/mol. The molecule has 3 heterocycles. The number of halogens is 1. The summed E-state index contributed by atoms with van der Waals surface area (Å²) in [5.41, 5.74) is 2.53. The molecule has 0 radical (unpaired) electrons. The minimum atomic E-state index is 0. The fraction of sp³-hybridized carbons (Fsp3) is 0.500. The van der Waals surface area contributed by atoms with Gasteiger partial charge < -0.3 is 5.32 Å². The van der Waals surface area contributed by atoms with Crippen molar-refractivity contribution in [2.75, 3.05) is 19.6 Å². The van der Waals surface area contributed by atoms with Crippen molar-refractivity contribution in [3.8, 4) is 0 Å². The number of nitrogens with one attached hydrogen (secondary N) is 1.